The number of carbonyl (C=O) groups excluding carboxylic acids is 1. The molecule has 0 aliphatic heterocycles. The minimum atomic E-state index is -0.441. The SMILES string of the molecule is CN(C)c1ccc(NC(=O)NC2CCCCC2O)cn1. The molecule has 6 nitrogen and oxygen atoms in total. The lowest BCUT2D eigenvalue weighted by Crippen LogP contribution is -2.46. The minimum Gasteiger partial charge on any atom is -0.391 e. The second kappa shape index (κ2) is 6.56. The van der Waals surface area contributed by atoms with E-state index in [1.807, 2.05) is 25.1 Å². The van der Waals surface area contributed by atoms with Crippen LogP contribution in [0, 0.1) is 0 Å². The van der Waals surface area contributed by atoms with Crippen molar-refractivity contribution in [2.24, 2.45) is 0 Å². The van der Waals surface area contributed by atoms with Crippen LogP contribution < -0.4 is 15.5 Å². The summed E-state index contributed by atoms with van der Waals surface area (Å²) < 4.78 is 0. The Balaban J connectivity index is 1.87. The number of aliphatic hydroxyl groups is 1. The van der Waals surface area contributed by atoms with Crippen LogP contribution in [0.25, 0.3) is 0 Å². The molecule has 1 fully saturated rings. The molecule has 1 aliphatic rings. The third-order valence-corrected chi connectivity index (χ3v) is 3.51. The Morgan fingerprint density at radius 3 is 2.70 bits per heavy atom. The van der Waals surface area contributed by atoms with Gasteiger partial charge in [-0.3, -0.25) is 0 Å². The number of aliphatic hydroxyl groups excluding tert-OH is 1. The van der Waals surface area contributed by atoms with Gasteiger partial charge in [-0.05, 0) is 25.0 Å². The number of amides is 2. The van der Waals surface area contributed by atoms with E-state index in [9.17, 15) is 9.90 Å². The number of nitrogens with one attached hydrogen (secondary N) is 2. The van der Waals surface area contributed by atoms with Crippen LogP contribution in [0.5, 0.6) is 0 Å². The van der Waals surface area contributed by atoms with Crippen LogP contribution in [0.4, 0.5) is 16.3 Å². The highest BCUT2D eigenvalue weighted by atomic mass is 16.3. The molecule has 1 aliphatic carbocycles. The average molecular weight is 278 g/mol. The lowest BCUT2D eigenvalue weighted by molar-refractivity contribution is 0.0955. The molecule has 0 bridgehead atoms. The van der Waals surface area contributed by atoms with Crippen LogP contribution in [0.2, 0.25) is 0 Å². The highest BCUT2D eigenvalue weighted by molar-refractivity contribution is 5.89. The topological polar surface area (TPSA) is 77.5 Å². The fourth-order valence-electron chi connectivity index (χ4n) is 2.34. The van der Waals surface area contributed by atoms with Crippen molar-refractivity contribution < 1.29 is 9.90 Å². The van der Waals surface area contributed by atoms with Crippen LogP contribution >= 0.6 is 0 Å². The van der Waals surface area contributed by atoms with Gasteiger partial charge in [-0.2, -0.15) is 0 Å². The zero-order valence-electron chi connectivity index (χ0n) is 12.0. The Morgan fingerprint density at radius 1 is 1.35 bits per heavy atom. The highest BCUT2D eigenvalue weighted by Gasteiger charge is 2.24. The van der Waals surface area contributed by atoms with E-state index in [0.717, 1.165) is 31.5 Å². The number of anilines is 2. The number of nitrogens with zero attached hydrogens (tertiary/aromatic N) is 2. The Kier molecular flexibility index (Phi) is 4.79. The third-order valence-electron chi connectivity index (χ3n) is 3.51. The lowest BCUT2D eigenvalue weighted by Gasteiger charge is -2.28. The first kappa shape index (κ1) is 14.6. The van der Waals surface area contributed by atoms with Gasteiger partial charge in [-0.15, -0.1) is 0 Å². The van der Waals surface area contributed by atoms with Gasteiger partial charge in [-0.1, -0.05) is 12.8 Å². The largest absolute Gasteiger partial charge is 0.391 e. The summed E-state index contributed by atoms with van der Waals surface area (Å²) in [6.07, 6.45) is 4.82. The summed E-state index contributed by atoms with van der Waals surface area (Å²) in [5, 5.41) is 15.4. The molecule has 20 heavy (non-hydrogen) atoms. The number of aromatic nitrogens is 1. The molecule has 2 unspecified atom stereocenters. The van der Waals surface area contributed by atoms with Crippen molar-refractivity contribution in [3.8, 4) is 0 Å². The molecule has 1 saturated carbocycles. The van der Waals surface area contributed by atoms with E-state index in [0.29, 0.717) is 5.69 Å². The number of rotatable bonds is 3. The first-order valence-corrected chi connectivity index (χ1v) is 6.95. The predicted molar refractivity (Wildman–Crippen MR) is 79.0 cm³/mol. The Morgan fingerprint density at radius 2 is 2.10 bits per heavy atom. The molecule has 1 aromatic rings. The van der Waals surface area contributed by atoms with E-state index in [1.165, 1.54) is 0 Å². The molecule has 3 N–H and O–H groups in total. The van der Waals surface area contributed by atoms with Gasteiger partial charge in [0.1, 0.15) is 5.82 Å². The van der Waals surface area contributed by atoms with Crippen LogP contribution in [-0.2, 0) is 0 Å². The zero-order valence-corrected chi connectivity index (χ0v) is 12.0. The Bertz CT molecular complexity index is 447. The van der Waals surface area contributed by atoms with Crippen LogP contribution in [-0.4, -0.2) is 42.4 Å². The number of hydrogen-bond donors (Lipinski definition) is 3. The minimum absolute atomic E-state index is 0.155. The standard InChI is InChI=1S/C14H22N4O2/c1-18(2)13-8-7-10(9-15-13)16-14(20)17-11-5-3-4-6-12(11)19/h7-9,11-12,19H,3-6H2,1-2H3,(H2,16,17,20). The molecule has 6 heteroatoms. The first-order valence-electron chi connectivity index (χ1n) is 6.95. The quantitative estimate of drug-likeness (QED) is 0.784. The average Bonchev–Trinajstić information content (AvgIpc) is 2.42. The van der Waals surface area contributed by atoms with Crippen molar-refractivity contribution in [3.63, 3.8) is 0 Å². The summed E-state index contributed by atoms with van der Waals surface area (Å²) in [6.45, 7) is 0. The highest BCUT2D eigenvalue weighted by Crippen LogP contribution is 2.18. The van der Waals surface area contributed by atoms with Crippen LogP contribution in [0.15, 0.2) is 18.3 Å². The van der Waals surface area contributed by atoms with E-state index in [2.05, 4.69) is 15.6 Å². The lowest BCUT2D eigenvalue weighted by atomic mass is 9.93. The maximum absolute atomic E-state index is 11.9. The van der Waals surface area contributed by atoms with Crippen LogP contribution in [0.3, 0.4) is 0 Å². The van der Waals surface area contributed by atoms with E-state index < -0.39 is 6.10 Å². The number of pyridine rings is 1. The normalized spacial score (nSPS) is 22.1. The maximum atomic E-state index is 11.9. The molecule has 0 spiro atoms. The fourth-order valence-corrected chi connectivity index (χ4v) is 2.34. The van der Waals surface area contributed by atoms with Gasteiger partial charge < -0.3 is 20.6 Å². The predicted octanol–water partition coefficient (Wildman–Crippen LogP) is 1.57. The van der Waals surface area contributed by atoms with Crippen molar-refractivity contribution in [3.05, 3.63) is 18.3 Å². The monoisotopic (exact) mass is 278 g/mol. The first-order chi connectivity index (χ1) is 9.56. The molecule has 1 heterocycles. The Labute approximate surface area is 119 Å². The number of urea groups is 1. The van der Waals surface area contributed by atoms with Crippen molar-refractivity contribution >= 4 is 17.5 Å². The molecular weight excluding hydrogens is 256 g/mol. The second-order valence-corrected chi connectivity index (χ2v) is 5.36. The number of hydrogen-bond acceptors (Lipinski definition) is 4. The molecule has 2 atom stereocenters. The molecule has 0 saturated heterocycles. The fraction of sp³-hybridized carbons (Fsp3) is 0.571. The summed E-state index contributed by atoms with van der Waals surface area (Å²) >= 11 is 0. The van der Waals surface area contributed by atoms with Gasteiger partial charge in [0.05, 0.1) is 24.0 Å². The van der Waals surface area contributed by atoms with Gasteiger partial charge >= 0.3 is 6.03 Å². The second-order valence-electron chi connectivity index (χ2n) is 5.36. The zero-order chi connectivity index (χ0) is 14.5. The third kappa shape index (κ3) is 3.84. The van der Waals surface area contributed by atoms with Gasteiger partial charge in [0.25, 0.3) is 0 Å². The molecule has 2 amide bonds. The summed E-state index contributed by atoms with van der Waals surface area (Å²) in [5.41, 5.74) is 0.637. The van der Waals surface area contributed by atoms with Crippen LogP contribution in [0.1, 0.15) is 25.7 Å². The molecular formula is C14H22N4O2. The summed E-state index contributed by atoms with van der Waals surface area (Å²) in [5.74, 6) is 0.832. The van der Waals surface area contributed by atoms with Crippen molar-refractivity contribution in [1.82, 2.24) is 10.3 Å². The van der Waals surface area contributed by atoms with Crippen molar-refractivity contribution in [2.45, 2.75) is 37.8 Å². The van der Waals surface area contributed by atoms with Gasteiger partial charge in [0, 0.05) is 14.1 Å². The van der Waals surface area contributed by atoms with E-state index in [-0.39, 0.29) is 12.1 Å². The summed E-state index contributed by atoms with van der Waals surface area (Å²) in [7, 11) is 3.82. The molecule has 2 rings (SSSR count). The van der Waals surface area contributed by atoms with Gasteiger partial charge in [0.2, 0.25) is 0 Å². The van der Waals surface area contributed by atoms with Crippen molar-refractivity contribution in [2.75, 3.05) is 24.3 Å². The number of carbonyl (C=O) groups is 1. The smallest absolute Gasteiger partial charge is 0.319 e. The molecule has 0 aromatic carbocycles. The summed E-state index contributed by atoms with van der Waals surface area (Å²) in [4.78, 5) is 18.0. The van der Waals surface area contributed by atoms with Gasteiger partial charge in [-0.25, -0.2) is 9.78 Å². The van der Waals surface area contributed by atoms with E-state index >= 15 is 0 Å². The maximum Gasteiger partial charge on any atom is 0.319 e. The van der Waals surface area contributed by atoms with E-state index in [1.54, 1.807) is 12.3 Å². The van der Waals surface area contributed by atoms with Gasteiger partial charge in [0.15, 0.2) is 0 Å². The molecule has 110 valence electrons. The van der Waals surface area contributed by atoms with E-state index in [4.69, 9.17) is 0 Å². The van der Waals surface area contributed by atoms with Crippen molar-refractivity contribution in [1.29, 1.82) is 0 Å². The Hall–Kier alpha value is -1.82. The summed E-state index contributed by atoms with van der Waals surface area (Å²) in [6, 6.07) is 3.19. The molecule has 0 radical (unpaired) electrons. The molecule has 1 aromatic heterocycles.